The molecule has 9 nitrogen and oxygen atoms in total. The zero-order chi connectivity index (χ0) is 24.3. The monoisotopic (exact) mass is 456 g/mol. The van der Waals surface area contributed by atoms with Crippen molar-refractivity contribution in [2.45, 2.75) is 52.6 Å². The molecule has 1 atom stereocenters. The number of carbonyl (C=O) groups excluding carboxylic acids is 3. The Morgan fingerprint density at radius 2 is 2.00 bits per heavy atom. The summed E-state index contributed by atoms with van der Waals surface area (Å²) in [5.41, 5.74) is 4.92. The summed E-state index contributed by atoms with van der Waals surface area (Å²) in [7, 11) is 0. The number of para-hydroxylation sites is 1. The number of hydrogen-bond donors (Lipinski definition) is 2. The fraction of sp³-hybridized carbons (Fsp3) is 0.522. The van der Waals surface area contributed by atoms with E-state index in [0.29, 0.717) is 31.2 Å². The molecule has 1 aliphatic rings. The minimum absolute atomic E-state index is 0.0328. The second-order valence-corrected chi connectivity index (χ2v) is 9.44. The van der Waals surface area contributed by atoms with E-state index in [1.165, 1.54) is 21.7 Å². The summed E-state index contributed by atoms with van der Waals surface area (Å²) >= 11 is 0. The van der Waals surface area contributed by atoms with E-state index in [9.17, 15) is 18.8 Å². The number of nitrogens with one attached hydrogen (secondary N) is 1. The number of likely N-dealkylation sites (tertiary alicyclic amines) is 1. The SMILES string of the molecule is CC(C)(C)C(NC(=O)c1nn(CCCCC#N)c2c(F)cccc12)C(=O)N1CC(C(N)=O)C1. The zero-order valence-electron chi connectivity index (χ0n) is 19.1. The van der Waals surface area contributed by atoms with Gasteiger partial charge >= 0.3 is 0 Å². The Hall–Kier alpha value is -3.48. The number of nitriles is 1. The molecular formula is C23H29FN6O3. The van der Waals surface area contributed by atoms with Crippen LogP contribution in [0.2, 0.25) is 0 Å². The number of unbranched alkanes of at least 4 members (excludes halogenated alkanes) is 2. The van der Waals surface area contributed by atoms with Crippen LogP contribution < -0.4 is 11.1 Å². The smallest absolute Gasteiger partial charge is 0.273 e. The van der Waals surface area contributed by atoms with Crippen molar-refractivity contribution in [3.05, 3.63) is 29.7 Å². The van der Waals surface area contributed by atoms with E-state index in [4.69, 9.17) is 11.0 Å². The van der Waals surface area contributed by atoms with Crippen LogP contribution >= 0.6 is 0 Å². The highest BCUT2D eigenvalue weighted by Gasteiger charge is 2.42. The molecule has 10 heteroatoms. The first-order valence-corrected chi connectivity index (χ1v) is 11.0. The number of rotatable bonds is 8. The second-order valence-electron chi connectivity index (χ2n) is 9.44. The summed E-state index contributed by atoms with van der Waals surface area (Å²) in [6.07, 6.45) is 1.63. The van der Waals surface area contributed by atoms with Gasteiger partial charge in [-0.15, -0.1) is 0 Å². The molecule has 1 fully saturated rings. The zero-order valence-corrected chi connectivity index (χ0v) is 19.1. The number of aryl methyl sites for hydroxylation is 1. The lowest BCUT2D eigenvalue weighted by atomic mass is 9.84. The van der Waals surface area contributed by atoms with Crippen LogP contribution in [-0.4, -0.2) is 51.5 Å². The number of primary amides is 1. The van der Waals surface area contributed by atoms with Crippen LogP contribution in [0.25, 0.3) is 10.9 Å². The van der Waals surface area contributed by atoms with Gasteiger partial charge in [0.1, 0.15) is 17.4 Å². The second kappa shape index (κ2) is 9.57. The molecule has 0 aliphatic carbocycles. The first kappa shape index (κ1) is 24.2. The molecular weight excluding hydrogens is 427 g/mol. The normalized spacial score (nSPS) is 15.1. The molecule has 1 aromatic carbocycles. The molecule has 1 aromatic heterocycles. The van der Waals surface area contributed by atoms with E-state index in [1.807, 2.05) is 20.8 Å². The number of carbonyl (C=O) groups is 3. The number of hydrogen-bond acceptors (Lipinski definition) is 5. The maximum atomic E-state index is 14.6. The fourth-order valence-corrected chi connectivity index (χ4v) is 3.86. The summed E-state index contributed by atoms with van der Waals surface area (Å²) in [6.45, 7) is 6.28. The van der Waals surface area contributed by atoms with Crippen molar-refractivity contribution in [3.63, 3.8) is 0 Å². The quantitative estimate of drug-likeness (QED) is 0.586. The van der Waals surface area contributed by atoms with E-state index in [2.05, 4.69) is 16.5 Å². The van der Waals surface area contributed by atoms with Crippen molar-refractivity contribution in [1.29, 1.82) is 5.26 Å². The molecule has 3 amide bonds. The third-order valence-corrected chi connectivity index (χ3v) is 5.83. The summed E-state index contributed by atoms with van der Waals surface area (Å²) < 4.78 is 16.0. The van der Waals surface area contributed by atoms with Crippen molar-refractivity contribution in [1.82, 2.24) is 20.0 Å². The number of aromatic nitrogens is 2. The first-order chi connectivity index (χ1) is 15.5. The Labute approximate surface area is 191 Å². The van der Waals surface area contributed by atoms with Crippen LogP contribution in [0.4, 0.5) is 4.39 Å². The van der Waals surface area contributed by atoms with Gasteiger partial charge in [-0.05, 0) is 24.3 Å². The molecule has 1 unspecified atom stereocenters. The van der Waals surface area contributed by atoms with Gasteiger partial charge in [-0.1, -0.05) is 32.9 Å². The van der Waals surface area contributed by atoms with Crippen LogP contribution in [0, 0.1) is 28.5 Å². The van der Waals surface area contributed by atoms with Crippen LogP contribution in [0.5, 0.6) is 0 Å². The van der Waals surface area contributed by atoms with Gasteiger partial charge in [-0.25, -0.2) is 4.39 Å². The lowest BCUT2D eigenvalue weighted by Crippen LogP contribution is -2.62. The predicted molar refractivity (Wildman–Crippen MR) is 119 cm³/mol. The molecule has 1 aliphatic heterocycles. The van der Waals surface area contributed by atoms with Gasteiger partial charge in [0.25, 0.3) is 5.91 Å². The van der Waals surface area contributed by atoms with Gasteiger partial charge in [0.05, 0.1) is 12.0 Å². The van der Waals surface area contributed by atoms with Crippen LogP contribution in [0.1, 0.15) is 50.5 Å². The largest absolute Gasteiger partial charge is 0.369 e. The molecule has 1 saturated heterocycles. The molecule has 2 aromatic rings. The summed E-state index contributed by atoms with van der Waals surface area (Å²) in [4.78, 5) is 39.1. The number of amides is 3. The summed E-state index contributed by atoms with van der Waals surface area (Å²) in [5.74, 6) is -2.22. The number of halogens is 1. The van der Waals surface area contributed by atoms with Crippen molar-refractivity contribution in [3.8, 4) is 6.07 Å². The van der Waals surface area contributed by atoms with Gasteiger partial charge in [0.2, 0.25) is 11.8 Å². The minimum Gasteiger partial charge on any atom is -0.369 e. The fourth-order valence-electron chi connectivity index (χ4n) is 3.86. The van der Waals surface area contributed by atoms with Gasteiger partial charge in [0, 0.05) is 31.4 Å². The van der Waals surface area contributed by atoms with Crippen molar-refractivity contribution < 1.29 is 18.8 Å². The Morgan fingerprint density at radius 3 is 2.61 bits per heavy atom. The minimum atomic E-state index is -0.872. The highest BCUT2D eigenvalue weighted by molar-refractivity contribution is 6.06. The molecule has 0 bridgehead atoms. The Bertz CT molecular complexity index is 1110. The van der Waals surface area contributed by atoms with Gasteiger partial charge in [0.15, 0.2) is 5.69 Å². The molecule has 0 radical (unpaired) electrons. The number of nitrogens with two attached hydrogens (primary N) is 1. The number of benzene rings is 1. The van der Waals surface area contributed by atoms with Gasteiger partial charge in [-0.2, -0.15) is 10.4 Å². The highest BCUT2D eigenvalue weighted by Crippen LogP contribution is 2.27. The Kier molecular flexibility index (Phi) is 7.01. The molecule has 0 spiro atoms. The van der Waals surface area contributed by atoms with Crippen molar-refractivity contribution in [2.24, 2.45) is 17.1 Å². The van der Waals surface area contributed by atoms with E-state index in [0.717, 1.165) is 0 Å². The average molecular weight is 457 g/mol. The molecule has 3 rings (SSSR count). The topological polar surface area (TPSA) is 134 Å². The van der Waals surface area contributed by atoms with Crippen LogP contribution in [0.3, 0.4) is 0 Å². The standard InChI is InChI=1S/C23H29FN6O3/c1-23(2,3)19(22(33)29-12-14(13-29)20(26)31)27-21(32)17-15-8-7-9-16(24)18(15)30(28-17)11-6-4-5-10-25/h7-9,14,19H,4-6,11-13H2,1-3H3,(H2,26,31)(H,27,32). The van der Waals surface area contributed by atoms with E-state index in [-0.39, 0.29) is 36.1 Å². The average Bonchev–Trinajstić information content (AvgIpc) is 3.07. The third-order valence-electron chi connectivity index (χ3n) is 5.83. The third kappa shape index (κ3) is 5.13. The maximum absolute atomic E-state index is 14.6. The van der Waals surface area contributed by atoms with Crippen LogP contribution in [-0.2, 0) is 16.1 Å². The number of fused-ring (bicyclic) bond motifs is 1. The molecule has 2 heterocycles. The lowest BCUT2D eigenvalue weighted by molar-refractivity contribution is -0.145. The predicted octanol–water partition coefficient (Wildman–Crippen LogP) is 1.96. The summed E-state index contributed by atoms with van der Waals surface area (Å²) in [6, 6.07) is 5.63. The molecule has 176 valence electrons. The van der Waals surface area contributed by atoms with E-state index in [1.54, 1.807) is 6.07 Å². The van der Waals surface area contributed by atoms with E-state index < -0.39 is 29.1 Å². The molecule has 33 heavy (non-hydrogen) atoms. The highest BCUT2D eigenvalue weighted by atomic mass is 19.1. The first-order valence-electron chi connectivity index (χ1n) is 11.0. The summed E-state index contributed by atoms with van der Waals surface area (Å²) in [5, 5.41) is 16.2. The van der Waals surface area contributed by atoms with Crippen molar-refractivity contribution in [2.75, 3.05) is 13.1 Å². The maximum Gasteiger partial charge on any atom is 0.273 e. The Morgan fingerprint density at radius 1 is 1.30 bits per heavy atom. The lowest BCUT2D eigenvalue weighted by Gasteiger charge is -2.42. The number of nitrogens with zero attached hydrogens (tertiary/aromatic N) is 4. The van der Waals surface area contributed by atoms with Crippen LogP contribution in [0.15, 0.2) is 18.2 Å². The van der Waals surface area contributed by atoms with Crippen molar-refractivity contribution >= 4 is 28.6 Å². The van der Waals surface area contributed by atoms with E-state index >= 15 is 0 Å². The van der Waals surface area contributed by atoms with Gasteiger partial charge in [-0.3, -0.25) is 19.1 Å². The Balaban J connectivity index is 1.84. The molecule has 3 N–H and O–H groups in total. The molecule has 0 saturated carbocycles. The van der Waals surface area contributed by atoms with Gasteiger partial charge < -0.3 is 16.0 Å².